The summed E-state index contributed by atoms with van der Waals surface area (Å²) in [7, 11) is 0. The zero-order valence-corrected chi connectivity index (χ0v) is 5.10. The molecule has 0 bridgehead atoms. The van der Waals surface area contributed by atoms with Crippen LogP contribution in [0, 0.1) is 0 Å². The average Bonchev–Trinajstić information content (AvgIpc) is 1.99. The molecular formula is C6H13NO2. The van der Waals surface area contributed by atoms with Crippen LogP contribution in [0.4, 0.5) is 0 Å². The molecule has 0 aromatic rings. The normalized spacial score (nSPS) is 23.8. The molecule has 9 heavy (non-hydrogen) atoms. The van der Waals surface area contributed by atoms with Crippen molar-refractivity contribution in [1.82, 2.24) is 0 Å². The highest BCUT2D eigenvalue weighted by atomic mass is 16.5. The lowest BCUT2D eigenvalue weighted by Gasteiger charge is -2.15. The van der Waals surface area contributed by atoms with Crippen molar-refractivity contribution in [1.29, 1.82) is 0 Å². The molecule has 0 fully saturated rings. The SMILES string of the molecule is [2H]C([2H])([2H])C(N)(C(=O)OCC)C([2H])([2H])[2H]. The largest absolute Gasteiger partial charge is 0.465 e. The second kappa shape index (κ2) is 2.82. The lowest BCUT2D eigenvalue weighted by atomic mass is 10.1. The number of ether oxygens (including phenoxy) is 1. The first-order chi connectivity index (χ1) is 6.48. The molecule has 0 spiro atoms. The van der Waals surface area contributed by atoms with E-state index in [0.29, 0.717) is 0 Å². The monoisotopic (exact) mass is 137 g/mol. The van der Waals surface area contributed by atoms with Gasteiger partial charge in [-0.2, -0.15) is 0 Å². The summed E-state index contributed by atoms with van der Waals surface area (Å²) in [5.74, 6) is -1.44. The van der Waals surface area contributed by atoms with E-state index in [-0.39, 0.29) is 6.61 Å². The van der Waals surface area contributed by atoms with Crippen molar-refractivity contribution in [2.75, 3.05) is 6.61 Å². The van der Waals surface area contributed by atoms with Crippen LogP contribution in [0.2, 0.25) is 0 Å². The molecule has 0 saturated heterocycles. The molecule has 3 heteroatoms. The van der Waals surface area contributed by atoms with Gasteiger partial charge in [0, 0.05) is 8.22 Å². The molecule has 0 saturated carbocycles. The molecule has 3 nitrogen and oxygen atoms in total. The van der Waals surface area contributed by atoms with Crippen LogP contribution >= 0.6 is 0 Å². The minimum atomic E-state index is -3.15. The van der Waals surface area contributed by atoms with Gasteiger partial charge in [0.05, 0.1) is 6.61 Å². The first-order valence-electron chi connectivity index (χ1n) is 5.44. The van der Waals surface area contributed by atoms with Crippen molar-refractivity contribution in [3.8, 4) is 0 Å². The Labute approximate surface area is 63.6 Å². The second-order valence-electron chi connectivity index (χ2n) is 1.53. The standard InChI is InChI=1S/C6H13NO2/c1-4-9-5(8)6(2,3)7/h4,7H2,1-3H3/i2D3,3D3. The first kappa shape index (κ1) is 2.58. The van der Waals surface area contributed by atoms with Gasteiger partial charge in [-0.1, -0.05) is 0 Å². The maximum Gasteiger partial charge on any atom is 0.325 e. The Morgan fingerprint density at radius 1 is 1.89 bits per heavy atom. The topological polar surface area (TPSA) is 52.3 Å². The van der Waals surface area contributed by atoms with E-state index in [2.05, 4.69) is 4.74 Å². The summed E-state index contributed by atoms with van der Waals surface area (Å²) in [4.78, 5) is 11.3. The van der Waals surface area contributed by atoms with Gasteiger partial charge in [0.15, 0.2) is 0 Å². The fourth-order valence-corrected chi connectivity index (χ4v) is 0.245. The zero-order valence-electron chi connectivity index (χ0n) is 11.1. The number of nitrogens with two attached hydrogens (primary N) is 1. The van der Waals surface area contributed by atoms with Gasteiger partial charge in [-0.3, -0.25) is 4.79 Å². The number of rotatable bonds is 2. The van der Waals surface area contributed by atoms with Gasteiger partial charge in [-0.25, -0.2) is 0 Å². The van der Waals surface area contributed by atoms with E-state index in [1.165, 1.54) is 6.92 Å². The Bertz CT molecular complexity index is 231. The maximum atomic E-state index is 11.3. The number of hydrogen-bond acceptors (Lipinski definition) is 3. The zero-order chi connectivity index (χ0) is 12.5. The minimum Gasteiger partial charge on any atom is -0.465 e. The molecule has 0 aliphatic rings. The van der Waals surface area contributed by atoms with Crippen molar-refractivity contribution in [3.63, 3.8) is 0 Å². The molecule has 2 N–H and O–H groups in total. The minimum absolute atomic E-state index is 0.135. The first-order valence-corrected chi connectivity index (χ1v) is 2.44. The summed E-state index contributed by atoms with van der Waals surface area (Å²) in [6.45, 7) is -5.00. The summed E-state index contributed by atoms with van der Waals surface area (Å²) in [6, 6.07) is 0. The van der Waals surface area contributed by atoms with E-state index in [0.717, 1.165) is 0 Å². The van der Waals surface area contributed by atoms with Crippen LogP contribution in [0.3, 0.4) is 0 Å². The van der Waals surface area contributed by atoms with Gasteiger partial charge in [0.2, 0.25) is 0 Å². The summed E-state index contributed by atoms with van der Waals surface area (Å²) < 4.78 is 46.4. The van der Waals surface area contributed by atoms with Gasteiger partial charge in [-0.05, 0) is 20.6 Å². The van der Waals surface area contributed by atoms with E-state index in [9.17, 15) is 4.79 Å². The van der Waals surface area contributed by atoms with Crippen LogP contribution in [-0.4, -0.2) is 18.1 Å². The molecule has 0 radical (unpaired) electrons. The molecule has 0 unspecified atom stereocenters. The number of hydrogen-bond donors (Lipinski definition) is 1. The van der Waals surface area contributed by atoms with E-state index < -0.39 is 25.2 Å². The average molecular weight is 137 g/mol. The van der Waals surface area contributed by atoms with Crippen LogP contribution in [0.1, 0.15) is 28.9 Å². The molecular weight excluding hydrogens is 118 g/mol. The van der Waals surface area contributed by atoms with Gasteiger partial charge in [0.25, 0.3) is 0 Å². The Hall–Kier alpha value is -0.570. The lowest BCUT2D eigenvalue weighted by Crippen LogP contribution is -2.42. The predicted octanol–water partition coefficient (Wildman–Crippen LogP) is 0.287. The van der Waals surface area contributed by atoms with Crippen LogP contribution in [0.15, 0.2) is 0 Å². The molecule has 0 aromatic heterocycles. The third-order valence-corrected chi connectivity index (χ3v) is 0.597. The Balaban J connectivity index is 5.33. The Morgan fingerprint density at radius 2 is 2.44 bits per heavy atom. The fraction of sp³-hybridized carbons (Fsp3) is 0.833. The summed E-state index contributed by atoms with van der Waals surface area (Å²) >= 11 is 0. The van der Waals surface area contributed by atoms with Gasteiger partial charge >= 0.3 is 5.97 Å². The van der Waals surface area contributed by atoms with E-state index in [4.69, 9.17) is 14.0 Å². The third kappa shape index (κ3) is 3.08. The van der Waals surface area contributed by atoms with Crippen LogP contribution in [0.25, 0.3) is 0 Å². The quantitative estimate of drug-likeness (QED) is 0.556. The van der Waals surface area contributed by atoms with E-state index >= 15 is 0 Å². The maximum absolute atomic E-state index is 11.3. The molecule has 0 rings (SSSR count). The van der Waals surface area contributed by atoms with Crippen molar-refractivity contribution in [2.45, 2.75) is 26.2 Å². The van der Waals surface area contributed by atoms with Gasteiger partial charge in [-0.15, -0.1) is 0 Å². The lowest BCUT2D eigenvalue weighted by molar-refractivity contribution is -0.148. The summed E-state index contributed by atoms with van der Waals surface area (Å²) in [5.41, 5.74) is 2.21. The number of carbonyl (C=O) groups is 1. The smallest absolute Gasteiger partial charge is 0.325 e. The molecule has 0 aliphatic carbocycles. The Kier molecular flexibility index (Phi) is 0.810. The fourth-order valence-electron chi connectivity index (χ4n) is 0.245. The summed E-state index contributed by atoms with van der Waals surface area (Å²) in [5, 5.41) is 0. The van der Waals surface area contributed by atoms with Crippen molar-refractivity contribution in [2.24, 2.45) is 5.73 Å². The molecule has 54 valence electrons. The molecule has 0 amide bonds. The van der Waals surface area contributed by atoms with Crippen molar-refractivity contribution < 1.29 is 17.8 Å². The molecule has 0 heterocycles. The number of carbonyl (C=O) groups excluding carboxylic acids is 1. The molecule has 0 aliphatic heterocycles. The molecule has 0 aromatic carbocycles. The number of esters is 1. The van der Waals surface area contributed by atoms with Gasteiger partial charge in [0.1, 0.15) is 5.54 Å². The highest BCUT2D eigenvalue weighted by Gasteiger charge is 2.22. The van der Waals surface area contributed by atoms with Crippen LogP contribution in [0.5, 0.6) is 0 Å². The second-order valence-corrected chi connectivity index (χ2v) is 1.53. The van der Waals surface area contributed by atoms with Crippen molar-refractivity contribution >= 4 is 5.97 Å². The van der Waals surface area contributed by atoms with Crippen LogP contribution in [-0.2, 0) is 9.53 Å². The highest BCUT2D eigenvalue weighted by Crippen LogP contribution is 1.98. The third-order valence-electron chi connectivity index (χ3n) is 0.597. The van der Waals surface area contributed by atoms with E-state index in [1.54, 1.807) is 0 Å². The molecule has 0 atom stereocenters. The van der Waals surface area contributed by atoms with E-state index in [1.807, 2.05) is 0 Å². The van der Waals surface area contributed by atoms with Crippen LogP contribution < -0.4 is 5.73 Å². The van der Waals surface area contributed by atoms with Crippen molar-refractivity contribution in [3.05, 3.63) is 0 Å². The highest BCUT2D eigenvalue weighted by molar-refractivity contribution is 5.79. The predicted molar refractivity (Wildman–Crippen MR) is 34.9 cm³/mol. The summed E-state index contributed by atoms with van der Waals surface area (Å²) in [6.07, 6.45) is 0. The van der Waals surface area contributed by atoms with Gasteiger partial charge < -0.3 is 10.5 Å². The Morgan fingerprint density at radius 3 is 2.78 bits per heavy atom.